The third-order valence-electron chi connectivity index (χ3n) is 5.90. The monoisotopic (exact) mass is 487 g/mol. The molecule has 1 aliphatic heterocycles. The molecule has 1 saturated carbocycles. The smallest absolute Gasteiger partial charge is 0.275 e. The number of aliphatic imine (C=N–C) groups is 1. The van der Waals surface area contributed by atoms with Gasteiger partial charge in [-0.1, -0.05) is 17.7 Å². The predicted molar refractivity (Wildman–Crippen MR) is 125 cm³/mol. The molecule has 178 valence electrons. The van der Waals surface area contributed by atoms with Gasteiger partial charge in [-0.25, -0.2) is 18.7 Å². The maximum Gasteiger partial charge on any atom is 0.275 e. The lowest BCUT2D eigenvalue weighted by atomic mass is 9.85. The number of thioether (sulfide) groups is 1. The molecule has 11 heteroatoms. The van der Waals surface area contributed by atoms with E-state index in [1.165, 1.54) is 30.2 Å². The lowest BCUT2D eigenvalue weighted by molar-refractivity contribution is 0.102. The van der Waals surface area contributed by atoms with E-state index in [4.69, 9.17) is 21.6 Å². The van der Waals surface area contributed by atoms with E-state index in [0.29, 0.717) is 19.6 Å². The average Bonchev–Trinajstić information content (AvgIpc) is 3.54. The number of aromatic nitrogens is 2. The van der Waals surface area contributed by atoms with Crippen molar-refractivity contribution < 1.29 is 23.0 Å². The van der Waals surface area contributed by atoms with Crippen LogP contribution in [0.1, 0.15) is 36.3 Å². The Morgan fingerprint density at radius 1 is 1.38 bits per heavy atom. The van der Waals surface area contributed by atoms with E-state index in [0.717, 1.165) is 6.07 Å². The fourth-order valence-electron chi connectivity index (χ4n) is 4.21. The van der Waals surface area contributed by atoms with Crippen molar-refractivity contribution in [3.8, 4) is 18.2 Å². The molecule has 2 heterocycles. The van der Waals surface area contributed by atoms with Crippen LogP contribution in [0.5, 0.6) is 5.88 Å². The number of terminal acetylenes is 1. The Morgan fingerprint density at radius 2 is 2.18 bits per heavy atom. The van der Waals surface area contributed by atoms with Crippen molar-refractivity contribution >= 4 is 28.5 Å². The highest BCUT2D eigenvalue weighted by molar-refractivity contribution is 8.15. The molecular formula is C23H23F2N5O3S. The highest BCUT2D eigenvalue weighted by Gasteiger charge is 2.66. The number of nitrogens with one attached hydrogen (secondary N) is 1. The van der Waals surface area contributed by atoms with Gasteiger partial charge in [0.15, 0.2) is 23.4 Å². The topological polar surface area (TPSA) is 112 Å². The quantitative estimate of drug-likeness (QED) is 0.551. The van der Waals surface area contributed by atoms with Crippen molar-refractivity contribution in [2.45, 2.75) is 30.6 Å². The highest BCUT2D eigenvalue weighted by Crippen LogP contribution is 2.66. The summed E-state index contributed by atoms with van der Waals surface area (Å²) in [5, 5.41) is 2.82. The van der Waals surface area contributed by atoms with Crippen molar-refractivity contribution in [1.82, 2.24) is 9.97 Å². The van der Waals surface area contributed by atoms with Crippen LogP contribution in [0.4, 0.5) is 14.5 Å². The number of ether oxygens (including phenoxy) is 2. The summed E-state index contributed by atoms with van der Waals surface area (Å²) in [6, 6.07) is 2.29. The summed E-state index contributed by atoms with van der Waals surface area (Å²) in [6.07, 6.45) is 8.25. The number of amides is 1. The lowest BCUT2D eigenvalue weighted by Gasteiger charge is -2.34. The van der Waals surface area contributed by atoms with Crippen LogP contribution in [0, 0.1) is 29.9 Å². The van der Waals surface area contributed by atoms with Crippen LogP contribution in [0.2, 0.25) is 0 Å². The average molecular weight is 488 g/mol. The van der Waals surface area contributed by atoms with Crippen molar-refractivity contribution in [1.29, 1.82) is 0 Å². The van der Waals surface area contributed by atoms with Crippen LogP contribution in [-0.4, -0.2) is 45.6 Å². The first-order valence-corrected chi connectivity index (χ1v) is 11.4. The number of amidine groups is 1. The molecule has 34 heavy (non-hydrogen) atoms. The fraction of sp³-hybridized carbons (Fsp3) is 0.391. The van der Waals surface area contributed by atoms with E-state index >= 15 is 4.39 Å². The number of fused-ring (bicyclic) bond motifs is 1. The molecule has 2 aromatic rings. The number of hydrogen-bond donors (Lipinski definition) is 2. The Bertz CT molecular complexity index is 1190. The molecule has 1 aliphatic carbocycles. The summed E-state index contributed by atoms with van der Waals surface area (Å²) in [4.78, 5) is 25.0. The van der Waals surface area contributed by atoms with Gasteiger partial charge in [0.25, 0.3) is 5.91 Å². The summed E-state index contributed by atoms with van der Waals surface area (Å²) in [5.74, 6) is -0.456. The van der Waals surface area contributed by atoms with E-state index in [9.17, 15) is 9.18 Å². The van der Waals surface area contributed by atoms with Crippen molar-refractivity contribution in [3.63, 3.8) is 0 Å². The zero-order valence-electron chi connectivity index (χ0n) is 18.6. The number of carbonyl (C=O) groups is 1. The van der Waals surface area contributed by atoms with Gasteiger partial charge >= 0.3 is 0 Å². The first-order chi connectivity index (χ1) is 16.2. The zero-order valence-corrected chi connectivity index (χ0v) is 19.4. The lowest BCUT2D eigenvalue weighted by Crippen LogP contribution is -2.38. The molecule has 2 aliphatic rings. The summed E-state index contributed by atoms with van der Waals surface area (Å²) < 4.78 is 40.1. The third kappa shape index (κ3) is 4.43. The molecule has 0 spiro atoms. The molecule has 1 aromatic carbocycles. The van der Waals surface area contributed by atoms with Crippen LogP contribution in [0.3, 0.4) is 0 Å². The normalized spacial score (nSPS) is 25.0. The third-order valence-corrected chi connectivity index (χ3v) is 7.18. The molecule has 1 amide bonds. The summed E-state index contributed by atoms with van der Waals surface area (Å²) in [5.41, 5.74) is 4.99. The second kappa shape index (κ2) is 9.19. The van der Waals surface area contributed by atoms with Gasteiger partial charge in [0.2, 0.25) is 5.88 Å². The van der Waals surface area contributed by atoms with E-state index in [2.05, 4.69) is 26.2 Å². The van der Waals surface area contributed by atoms with Gasteiger partial charge in [0, 0.05) is 29.8 Å². The summed E-state index contributed by atoms with van der Waals surface area (Å²) in [7, 11) is 0. The minimum Gasteiger partial charge on any atom is -0.463 e. The van der Waals surface area contributed by atoms with Crippen molar-refractivity contribution in [3.05, 3.63) is 47.4 Å². The molecule has 0 saturated heterocycles. The van der Waals surface area contributed by atoms with Crippen LogP contribution in [0.25, 0.3) is 0 Å². The molecule has 3 atom stereocenters. The Morgan fingerprint density at radius 3 is 2.85 bits per heavy atom. The number of benzene rings is 1. The molecule has 0 unspecified atom stereocenters. The second-order valence-electron chi connectivity index (χ2n) is 8.16. The van der Waals surface area contributed by atoms with Crippen LogP contribution in [-0.2, 0) is 10.3 Å². The SMILES string of the molecule is C#CCOc1cnc(C(=O)Nc2cc(F)c(F)c([C@]3(C)N=C(N)S[C@@]4(COCC)C[C@H]43)c2)cn1. The summed E-state index contributed by atoms with van der Waals surface area (Å²) >= 11 is 1.41. The van der Waals surface area contributed by atoms with E-state index < -0.39 is 23.1 Å². The predicted octanol–water partition coefficient (Wildman–Crippen LogP) is 3.09. The number of halogens is 2. The van der Waals surface area contributed by atoms with Crippen molar-refractivity contribution in [2.75, 3.05) is 25.1 Å². The van der Waals surface area contributed by atoms with Gasteiger partial charge in [-0.3, -0.25) is 9.79 Å². The number of nitrogens with two attached hydrogens (primary N) is 1. The molecule has 1 aromatic heterocycles. The minimum atomic E-state index is -1.12. The van der Waals surface area contributed by atoms with Gasteiger partial charge in [0.1, 0.15) is 5.69 Å². The zero-order chi connectivity index (χ0) is 24.5. The maximum atomic E-state index is 15.0. The van der Waals surface area contributed by atoms with Gasteiger partial charge in [-0.2, -0.15) is 0 Å². The number of rotatable bonds is 8. The van der Waals surface area contributed by atoms with E-state index in [1.807, 2.05) is 6.92 Å². The van der Waals surface area contributed by atoms with Crippen LogP contribution in [0.15, 0.2) is 29.5 Å². The fourth-order valence-corrected chi connectivity index (χ4v) is 5.62. The number of anilines is 1. The van der Waals surface area contributed by atoms with E-state index in [1.54, 1.807) is 6.92 Å². The molecular weight excluding hydrogens is 464 g/mol. The van der Waals surface area contributed by atoms with Crippen LogP contribution < -0.4 is 15.8 Å². The van der Waals surface area contributed by atoms with E-state index in [-0.39, 0.29) is 45.3 Å². The Kier molecular flexibility index (Phi) is 6.47. The molecule has 8 nitrogen and oxygen atoms in total. The molecule has 0 bridgehead atoms. The molecule has 3 N–H and O–H groups in total. The number of carbonyl (C=O) groups excluding carboxylic acids is 1. The standard InChI is InChI=1S/C23H23F2N5O3S/c1-4-6-33-18-11-27-16(10-28-18)20(31)29-13-7-14(19(25)15(24)8-13)22(3)17-9-23(17,12-32-5-2)34-21(26)30-22/h1,7-8,10-11,17H,5-6,9,12H2,2-3H3,(H2,26,30)(H,29,31)/t17-,22-,23+/m0/s1. The molecule has 1 fully saturated rings. The van der Waals surface area contributed by atoms with Crippen LogP contribution >= 0.6 is 11.8 Å². The Hall–Kier alpha value is -3.23. The van der Waals surface area contributed by atoms with Crippen molar-refractivity contribution in [2.24, 2.45) is 16.6 Å². The van der Waals surface area contributed by atoms with Gasteiger partial charge in [-0.15, -0.1) is 6.42 Å². The minimum absolute atomic E-state index is 0.00890. The largest absolute Gasteiger partial charge is 0.463 e. The highest BCUT2D eigenvalue weighted by atomic mass is 32.2. The van der Waals surface area contributed by atoms with Gasteiger partial charge in [-0.05, 0) is 26.3 Å². The summed E-state index contributed by atoms with van der Waals surface area (Å²) in [6.45, 7) is 4.59. The molecule has 4 rings (SSSR count). The van der Waals surface area contributed by atoms with Gasteiger partial charge < -0.3 is 20.5 Å². The Balaban J connectivity index is 1.60. The van der Waals surface area contributed by atoms with Gasteiger partial charge in [0.05, 0.1) is 29.3 Å². The second-order valence-corrected chi connectivity index (χ2v) is 9.60. The number of hydrogen-bond acceptors (Lipinski definition) is 8. The molecule has 0 radical (unpaired) electrons. The number of nitrogens with zero attached hydrogens (tertiary/aromatic N) is 3. The maximum absolute atomic E-state index is 15.0. The first kappa shape index (κ1) is 23.9. The Labute approximate surface area is 199 Å². The first-order valence-electron chi connectivity index (χ1n) is 10.5.